The molecule has 0 amide bonds. The maximum Gasteiger partial charge on any atom is 0.191 e. The van der Waals surface area contributed by atoms with Gasteiger partial charge in [0, 0.05) is 17.6 Å². The van der Waals surface area contributed by atoms with E-state index in [2.05, 4.69) is 30.8 Å². The van der Waals surface area contributed by atoms with Crippen molar-refractivity contribution in [3.05, 3.63) is 58.1 Å². The van der Waals surface area contributed by atoms with Crippen molar-refractivity contribution in [3.63, 3.8) is 0 Å². The van der Waals surface area contributed by atoms with E-state index in [4.69, 9.17) is 0 Å². The molecule has 7 nitrogen and oxygen atoms in total. The molecule has 3 aromatic rings. The number of hydrogen-bond donors (Lipinski definition) is 2. The molecule has 26 heavy (non-hydrogen) atoms. The van der Waals surface area contributed by atoms with E-state index in [1.807, 2.05) is 48.7 Å². The molecule has 0 aliphatic heterocycles. The number of benzene rings is 1. The van der Waals surface area contributed by atoms with E-state index in [0.29, 0.717) is 19.0 Å². The van der Waals surface area contributed by atoms with Crippen molar-refractivity contribution in [1.82, 2.24) is 30.4 Å². The third kappa shape index (κ3) is 5.01. The van der Waals surface area contributed by atoms with Gasteiger partial charge in [0.1, 0.15) is 6.33 Å². The first-order chi connectivity index (χ1) is 12.2. The van der Waals surface area contributed by atoms with Crippen LogP contribution in [0.3, 0.4) is 0 Å². The van der Waals surface area contributed by atoms with Gasteiger partial charge in [0.25, 0.3) is 0 Å². The number of aliphatic imine (C=N–C) groups is 1. The molecule has 0 spiro atoms. The van der Waals surface area contributed by atoms with Crippen molar-refractivity contribution in [2.75, 3.05) is 7.05 Å². The molecular weight excluding hydrogens is 461 g/mol. The molecular formula is C17H22IN7S. The number of hydrogen-bond acceptors (Lipinski definition) is 5. The Morgan fingerprint density at radius 2 is 1.88 bits per heavy atom. The summed E-state index contributed by atoms with van der Waals surface area (Å²) in [6, 6.07) is 10.0. The third-order valence-corrected chi connectivity index (χ3v) is 4.78. The summed E-state index contributed by atoms with van der Waals surface area (Å²) in [6.45, 7) is 5.27. The first-order valence-electron chi connectivity index (χ1n) is 7.99. The Labute approximate surface area is 174 Å². The fraction of sp³-hybridized carbons (Fsp3) is 0.294. The van der Waals surface area contributed by atoms with E-state index in [-0.39, 0.29) is 24.0 Å². The molecule has 3 rings (SSSR count). The van der Waals surface area contributed by atoms with E-state index in [9.17, 15) is 0 Å². The molecule has 9 heteroatoms. The topological polar surface area (TPSA) is 80.0 Å². The second kappa shape index (κ2) is 9.62. The van der Waals surface area contributed by atoms with Crippen LogP contribution in [0.25, 0.3) is 5.69 Å². The van der Waals surface area contributed by atoms with Gasteiger partial charge in [0.15, 0.2) is 11.8 Å². The minimum Gasteiger partial charge on any atom is -0.351 e. The maximum atomic E-state index is 4.44. The molecule has 0 atom stereocenters. The van der Waals surface area contributed by atoms with Gasteiger partial charge < -0.3 is 10.6 Å². The van der Waals surface area contributed by atoms with Gasteiger partial charge in [0.05, 0.1) is 23.8 Å². The third-order valence-electron chi connectivity index (χ3n) is 3.71. The predicted molar refractivity (Wildman–Crippen MR) is 115 cm³/mol. The molecule has 1 aromatic carbocycles. The lowest BCUT2D eigenvalue weighted by Gasteiger charge is -2.12. The van der Waals surface area contributed by atoms with Crippen molar-refractivity contribution in [1.29, 1.82) is 0 Å². The van der Waals surface area contributed by atoms with E-state index in [1.54, 1.807) is 24.7 Å². The SMILES string of the molecule is CN=C(NCc1sc(C)nc1C)NCc1nncn1-c1ccccc1.I. The van der Waals surface area contributed by atoms with Crippen LogP contribution in [-0.2, 0) is 13.1 Å². The average molecular weight is 483 g/mol. The van der Waals surface area contributed by atoms with Gasteiger partial charge >= 0.3 is 0 Å². The fourth-order valence-electron chi connectivity index (χ4n) is 2.47. The molecule has 0 radical (unpaired) electrons. The van der Waals surface area contributed by atoms with Gasteiger partial charge in [-0.2, -0.15) is 0 Å². The largest absolute Gasteiger partial charge is 0.351 e. The lowest BCUT2D eigenvalue weighted by molar-refractivity contribution is 0.755. The summed E-state index contributed by atoms with van der Waals surface area (Å²) in [5.74, 6) is 1.53. The van der Waals surface area contributed by atoms with Crippen LogP contribution < -0.4 is 10.6 Å². The zero-order chi connectivity index (χ0) is 17.6. The first kappa shape index (κ1) is 20.3. The van der Waals surface area contributed by atoms with E-state index in [0.717, 1.165) is 22.2 Å². The van der Waals surface area contributed by atoms with Crippen LogP contribution in [0.2, 0.25) is 0 Å². The van der Waals surface area contributed by atoms with Crippen LogP contribution in [0.1, 0.15) is 21.4 Å². The average Bonchev–Trinajstić information content (AvgIpc) is 3.22. The van der Waals surface area contributed by atoms with Crippen LogP contribution in [0.15, 0.2) is 41.7 Å². The number of para-hydroxylation sites is 1. The van der Waals surface area contributed by atoms with Gasteiger partial charge in [-0.25, -0.2) is 4.98 Å². The lowest BCUT2D eigenvalue weighted by atomic mass is 10.3. The summed E-state index contributed by atoms with van der Waals surface area (Å²) in [5.41, 5.74) is 2.09. The monoisotopic (exact) mass is 483 g/mol. The van der Waals surface area contributed by atoms with E-state index < -0.39 is 0 Å². The van der Waals surface area contributed by atoms with Gasteiger partial charge in [-0.1, -0.05) is 18.2 Å². The van der Waals surface area contributed by atoms with E-state index >= 15 is 0 Å². The Balaban J connectivity index is 0.00000243. The Bertz CT molecular complexity index is 857. The minimum absolute atomic E-state index is 0. The highest BCUT2D eigenvalue weighted by atomic mass is 127. The Morgan fingerprint density at radius 3 is 2.54 bits per heavy atom. The highest BCUT2D eigenvalue weighted by molar-refractivity contribution is 14.0. The summed E-state index contributed by atoms with van der Waals surface area (Å²) in [7, 11) is 1.75. The Morgan fingerprint density at radius 1 is 1.15 bits per heavy atom. The number of nitrogens with zero attached hydrogens (tertiary/aromatic N) is 5. The molecule has 2 aromatic heterocycles. The van der Waals surface area contributed by atoms with Crippen LogP contribution in [-0.4, -0.2) is 32.8 Å². The van der Waals surface area contributed by atoms with Crippen LogP contribution >= 0.6 is 35.3 Å². The number of aromatic nitrogens is 4. The van der Waals surface area contributed by atoms with Gasteiger partial charge in [-0.15, -0.1) is 45.5 Å². The number of guanidine groups is 1. The fourth-order valence-corrected chi connectivity index (χ4v) is 3.35. The minimum atomic E-state index is 0. The van der Waals surface area contributed by atoms with Crippen LogP contribution in [0.4, 0.5) is 0 Å². The molecule has 0 unspecified atom stereocenters. The number of aryl methyl sites for hydroxylation is 2. The summed E-state index contributed by atoms with van der Waals surface area (Å²) in [4.78, 5) is 9.92. The molecule has 0 aliphatic rings. The van der Waals surface area contributed by atoms with E-state index in [1.165, 1.54) is 4.88 Å². The predicted octanol–water partition coefficient (Wildman–Crippen LogP) is 2.82. The van der Waals surface area contributed by atoms with Crippen molar-refractivity contribution >= 4 is 41.3 Å². The van der Waals surface area contributed by atoms with Gasteiger partial charge in [0.2, 0.25) is 0 Å². The van der Waals surface area contributed by atoms with Crippen molar-refractivity contribution in [3.8, 4) is 5.69 Å². The van der Waals surface area contributed by atoms with Crippen molar-refractivity contribution in [2.45, 2.75) is 26.9 Å². The Kier molecular flexibility index (Phi) is 7.51. The number of nitrogens with one attached hydrogen (secondary N) is 2. The van der Waals surface area contributed by atoms with Crippen LogP contribution in [0, 0.1) is 13.8 Å². The zero-order valence-electron chi connectivity index (χ0n) is 14.9. The number of halogens is 1. The molecule has 0 saturated heterocycles. The first-order valence-corrected chi connectivity index (χ1v) is 8.80. The zero-order valence-corrected chi connectivity index (χ0v) is 18.1. The summed E-state index contributed by atoms with van der Waals surface area (Å²) in [6.07, 6.45) is 1.71. The van der Waals surface area contributed by atoms with Crippen molar-refractivity contribution in [2.24, 2.45) is 4.99 Å². The summed E-state index contributed by atoms with van der Waals surface area (Å²) >= 11 is 1.70. The second-order valence-corrected chi connectivity index (χ2v) is 6.76. The van der Waals surface area contributed by atoms with Gasteiger partial charge in [-0.05, 0) is 26.0 Å². The Hall–Kier alpha value is -2.01. The summed E-state index contributed by atoms with van der Waals surface area (Å²) < 4.78 is 1.96. The smallest absolute Gasteiger partial charge is 0.191 e. The molecule has 0 bridgehead atoms. The summed E-state index contributed by atoms with van der Waals surface area (Å²) in [5, 5.41) is 15.9. The molecule has 0 fully saturated rings. The molecule has 0 aliphatic carbocycles. The molecule has 2 N–H and O–H groups in total. The number of rotatable bonds is 5. The lowest BCUT2D eigenvalue weighted by Crippen LogP contribution is -2.36. The van der Waals surface area contributed by atoms with Gasteiger partial charge in [-0.3, -0.25) is 9.56 Å². The highest BCUT2D eigenvalue weighted by Gasteiger charge is 2.09. The number of thiazole rings is 1. The molecule has 138 valence electrons. The quantitative estimate of drug-likeness (QED) is 0.332. The highest BCUT2D eigenvalue weighted by Crippen LogP contribution is 2.16. The second-order valence-electron chi connectivity index (χ2n) is 5.47. The standard InChI is InChI=1S/C17H21N7S.HI/c1-12-15(25-13(2)22-12)9-19-17(18-3)20-10-16-23-21-11-24(16)14-7-5-4-6-8-14;/h4-8,11H,9-10H2,1-3H3,(H2,18,19,20);1H. The molecule has 0 saturated carbocycles. The maximum absolute atomic E-state index is 4.44. The molecule has 2 heterocycles. The van der Waals surface area contributed by atoms with Crippen LogP contribution in [0.5, 0.6) is 0 Å². The normalized spacial score (nSPS) is 11.1. The van der Waals surface area contributed by atoms with Crippen molar-refractivity contribution < 1.29 is 0 Å².